The summed E-state index contributed by atoms with van der Waals surface area (Å²) in [6, 6.07) is 0.572. The molecule has 1 N–H and O–H groups in total. The minimum atomic E-state index is 0.572. The molecule has 1 aliphatic heterocycles. The normalized spacial score (nSPS) is 23.0. The summed E-state index contributed by atoms with van der Waals surface area (Å²) < 4.78 is 0. The lowest BCUT2D eigenvalue weighted by Gasteiger charge is -2.15. The number of aryl methyl sites for hydroxylation is 1. The predicted octanol–water partition coefficient (Wildman–Crippen LogP) is 2.00. The van der Waals surface area contributed by atoms with Crippen LogP contribution >= 0.6 is 11.3 Å². The van der Waals surface area contributed by atoms with Gasteiger partial charge >= 0.3 is 0 Å². The molecule has 1 aromatic heterocycles. The molecule has 0 aliphatic carbocycles. The summed E-state index contributed by atoms with van der Waals surface area (Å²) in [5, 5.41) is 13.9. The van der Waals surface area contributed by atoms with Gasteiger partial charge in [-0.1, -0.05) is 18.3 Å². The second-order valence-corrected chi connectivity index (χ2v) is 5.49. The zero-order valence-electron chi connectivity index (χ0n) is 10.1. The summed E-state index contributed by atoms with van der Waals surface area (Å²) in [6.45, 7) is 4.51. The van der Waals surface area contributed by atoms with Crippen LogP contribution in [0.1, 0.15) is 31.2 Å². The summed E-state index contributed by atoms with van der Waals surface area (Å²) in [7, 11) is 2.20. The Labute approximate surface area is 101 Å². The summed E-state index contributed by atoms with van der Waals surface area (Å²) in [5.74, 6) is 0. The lowest BCUT2D eigenvalue weighted by molar-refractivity contribution is 0.348. The Morgan fingerprint density at radius 2 is 2.25 bits per heavy atom. The van der Waals surface area contributed by atoms with Gasteiger partial charge < -0.3 is 10.2 Å². The molecule has 90 valence electrons. The molecule has 1 unspecified atom stereocenters. The Hall–Kier alpha value is -0.680. The summed E-state index contributed by atoms with van der Waals surface area (Å²) in [4.78, 5) is 2.40. The van der Waals surface area contributed by atoms with E-state index in [1.807, 2.05) is 0 Å². The molecule has 4 nitrogen and oxygen atoms in total. The van der Waals surface area contributed by atoms with E-state index >= 15 is 0 Å². The molecule has 1 aromatic rings. The second kappa shape index (κ2) is 5.59. The van der Waals surface area contributed by atoms with Gasteiger partial charge in [-0.15, -0.1) is 10.2 Å². The van der Waals surface area contributed by atoms with E-state index in [-0.39, 0.29) is 0 Å². The molecular weight excluding hydrogens is 220 g/mol. The Morgan fingerprint density at radius 1 is 1.38 bits per heavy atom. The molecule has 16 heavy (non-hydrogen) atoms. The zero-order valence-corrected chi connectivity index (χ0v) is 10.9. The molecule has 0 spiro atoms. The standard InChI is InChI=1S/C11H20N4S/c1-3-10-13-14-11(16-10)12-9-5-4-7-15(2)8-6-9/h9H,3-8H2,1-2H3,(H,12,14). The number of nitrogens with zero attached hydrogens (tertiary/aromatic N) is 3. The molecule has 0 saturated carbocycles. The maximum atomic E-state index is 4.17. The number of hydrogen-bond acceptors (Lipinski definition) is 5. The van der Waals surface area contributed by atoms with E-state index < -0.39 is 0 Å². The van der Waals surface area contributed by atoms with Crippen molar-refractivity contribution in [3.05, 3.63) is 5.01 Å². The van der Waals surface area contributed by atoms with Crippen LogP contribution in [0.4, 0.5) is 5.13 Å². The van der Waals surface area contributed by atoms with Gasteiger partial charge in [-0.05, 0) is 45.8 Å². The number of rotatable bonds is 3. The van der Waals surface area contributed by atoms with Crippen LogP contribution in [-0.2, 0) is 6.42 Å². The molecule has 0 radical (unpaired) electrons. The Kier molecular flexibility index (Phi) is 4.12. The molecule has 0 amide bonds. The highest BCUT2D eigenvalue weighted by atomic mass is 32.1. The fourth-order valence-corrected chi connectivity index (χ4v) is 2.77. The lowest BCUT2D eigenvalue weighted by Crippen LogP contribution is -2.22. The molecule has 1 atom stereocenters. The van der Waals surface area contributed by atoms with E-state index in [1.54, 1.807) is 11.3 Å². The second-order valence-electron chi connectivity index (χ2n) is 4.43. The van der Waals surface area contributed by atoms with Gasteiger partial charge in [0.15, 0.2) is 0 Å². The minimum Gasteiger partial charge on any atom is -0.357 e. The fraction of sp³-hybridized carbons (Fsp3) is 0.818. The van der Waals surface area contributed by atoms with E-state index in [9.17, 15) is 0 Å². The van der Waals surface area contributed by atoms with Crippen molar-refractivity contribution in [2.75, 3.05) is 25.5 Å². The van der Waals surface area contributed by atoms with Gasteiger partial charge in [-0.25, -0.2) is 0 Å². The van der Waals surface area contributed by atoms with Crippen LogP contribution in [0.3, 0.4) is 0 Å². The summed E-state index contributed by atoms with van der Waals surface area (Å²) >= 11 is 1.69. The fourth-order valence-electron chi connectivity index (χ4n) is 2.01. The number of nitrogens with one attached hydrogen (secondary N) is 1. The first kappa shape index (κ1) is 11.8. The number of likely N-dealkylation sites (tertiary alicyclic amines) is 1. The Morgan fingerprint density at radius 3 is 3.00 bits per heavy atom. The van der Waals surface area contributed by atoms with Gasteiger partial charge in [0, 0.05) is 6.04 Å². The van der Waals surface area contributed by atoms with Crippen molar-refractivity contribution in [1.82, 2.24) is 15.1 Å². The van der Waals surface area contributed by atoms with Crippen molar-refractivity contribution < 1.29 is 0 Å². The van der Waals surface area contributed by atoms with E-state index in [4.69, 9.17) is 0 Å². The summed E-state index contributed by atoms with van der Waals surface area (Å²) in [5.41, 5.74) is 0. The van der Waals surface area contributed by atoms with Crippen molar-refractivity contribution in [1.29, 1.82) is 0 Å². The highest BCUT2D eigenvalue weighted by Crippen LogP contribution is 2.20. The number of aromatic nitrogens is 2. The van der Waals surface area contributed by atoms with Crippen LogP contribution in [0.5, 0.6) is 0 Å². The average Bonchev–Trinajstić information content (AvgIpc) is 2.63. The maximum absolute atomic E-state index is 4.17. The van der Waals surface area contributed by atoms with Crippen LogP contribution in [0, 0.1) is 0 Å². The highest BCUT2D eigenvalue weighted by Gasteiger charge is 2.15. The van der Waals surface area contributed by atoms with Crippen LogP contribution in [-0.4, -0.2) is 41.3 Å². The van der Waals surface area contributed by atoms with Crippen molar-refractivity contribution in [2.24, 2.45) is 0 Å². The SMILES string of the molecule is CCc1nnc(NC2CCCN(C)CC2)s1. The molecule has 0 bridgehead atoms. The van der Waals surface area contributed by atoms with E-state index in [0.29, 0.717) is 6.04 Å². The number of hydrogen-bond donors (Lipinski definition) is 1. The number of anilines is 1. The largest absolute Gasteiger partial charge is 0.357 e. The van der Waals surface area contributed by atoms with Gasteiger partial charge in [0.05, 0.1) is 0 Å². The van der Waals surface area contributed by atoms with Gasteiger partial charge in [0.1, 0.15) is 5.01 Å². The van der Waals surface area contributed by atoms with E-state index in [1.165, 1.54) is 32.4 Å². The van der Waals surface area contributed by atoms with Crippen LogP contribution in [0.25, 0.3) is 0 Å². The quantitative estimate of drug-likeness (QED) is 0.877. The molecule has 2 rings (SSSR count). The molecule has 5 heteroatoms. The molecule has 1 saturated heterocycles. The molecule has 1 aliphatic rings. The van der Waals surface area contributed by atoms with Crippen molar-refractivity contribution in [3.63, 3.8) is 0 Å². The first-order valence-corrected chi connectivity index (χ1v) is 6.87. The van der Waals surface area contributed by atoms with Gasteiger partial charge in [0.2, 0.25) is 5.13 Å². The first-order valence-electron chi connectivity index (χ1n) is 6.05. The van der Waals surface area contributed by atoms with Crippen molar-refractivity contribution in [3.8, 4) is 0 Å². The van der Waals surface area contributed by atoms with Gasteiger partial charge in [-0.3, -0.25) is 0 Å². The third kappa shape index (κ3) is 3.15. The monoisotopic (exact) mass is 240 g/mol. The molecule has 2 heterocycles. The third-order valence-corrected chi connectivity index (χ3v) is 4.05. The topological polar surface area (TPSA) is 41.1 Å². The summed E-state index contributed by atoms with van der Waals surface area (Å²) in [6.07, 6.45) is 4.70. The third-order valence-electron chi connectivity index (χ3n) is 3.05. The van der Waals surface area contributed by atoms with Crippen molar-refractivity contribution in [2.45, 2.75) is 38.6 Å². The van der Waals surface area contributed by atoms with Crippen molar-refractivity contribution >= 4 is 16.5 Å². The molecular formula is C11H20N4S. The van der Waals surface area contributed by atoms with Crippen LogP contribution in [0.2, 0.25) is 0 Å². The maximum Gasteiger partial charge on any atom is 0.205 e. The lowest BCUT2D eigenvalue weighted by atomic mass is 10.1. The average molecular weight is 240 g/mol. The van der Waals surface area contributed by atoms with E-state index in [0.717, 1.165) is 16.6 Å². The van der Waals surface area contributed by atoms with Crippen LogP contribution in [0.15, 0.2) is 0 Å². The Balaban J connectivity index is 1.88. The first-order chi connectivity index (χ1) is 7.78. The smallest absolute Gasteiger partial charge is 0.205 e. The molecule has 0 aromatic carbocycles. The van der Waals surface area contributed by atoms with Gasteiger partial charge in [-0.2, -0.15) is 0 Å². The van der Waals surface area contributed by atoms with Crippen LogP contribution < -0.4 is 5.32 Å². The van der Waals surface area contributed by atoms with Gasteiger partial charge in [0.25, 0.3) is 0 Å². The zero-order chi connectivity index (χ0) is 11.4. The minimum absolute atomic E-state index is 0.572. The molecule has 1 fully saturated rings. The predicted molar refractivity (Wildman–Crippen MR) is 68.0 cm³/mol. The highest BCUT2D eigenvalue weighted by molar-refractivity contribution is 7.15. The Bertz CT molecular complexity index is 326. The van der Waals surface area contributed by atoms with E-state index in [2.05, 4.69) is 34.4 Å².